The largest absolute Gasteiger partial charge is 0.469 e. The van der Waals surface area contributed by atoms with Gasteiger partial charge in [0.05, 0.1) is 20.1 Å². The standard InChI is InChI=1S/C15H27NO4/c1-18-14(17)12-13-6-2-4-8-16(13)9-11-20-15-7-3-5-10-19-15/h13,15H,2-12H2,1H3. The fraction of sp³-hybridized carbons (Fsp3) is 0.933. The van der Waals surface area contributed by atoms with Crippen molar-refractivity contribution in [2.24, 2.45) is 0 Å². The summed E-state index contributed by atoms with van der Waals surface area (Å²) in [5, 5.41) is 0. The summed E-state index contributed by atoms with van der Waals surface area (Å²) in [6.07, 6.45) is 7.30. The van der Waals surface area contributed by atoms with E-state index in [9.17, 15) is 4.79 Å². The minimum Gasteiger partial charge on any atom is -0.469 e. The molecule has 0 saturated carbocycles. The topological polar surface area (TPSA) is 48.0 Å². The summed E-state index contributed by atoms with van der Waals surface area (Å²) in [5.74, 6) is -0.113. The second kappa shape index (κ2) is 8.60. The lowest BCUT2D eigenvalue weighted by Crippen LogP contribution is -2.43. The summed E-state index contributed by atoms with van der Waals surface area (Å²) in [6.45, 7) is 3.43. The van der Waals surface area contributed by atoms with E-state index in [0.717, 1.165) is 39.0 Å². The fourth-order valence-electron chi connectivity index (χ4n) is 3.01. The zero-order valence-electron chi connectivity index (χ0n) is 12.5. The highest BCUT2D eigenvalue weighted by Crippen LogP contribution is 2.20. The van der Waals surface area contributed by atoms with Crippen LogP contribution >= 0.6 is 0 Å². The summed E-state index contributed by atoms with van der Waals surface area (Å²) >= 11 is 0. The van der Waals surface area contributed by atoms with Crippen molar-refractivity contribution in [3.05, 3.63) is 0 Å². The number of piperidine rings is 1. The first-order chi connectivity index (χ1) is 9.79. The van der Waals surface area contributed by atoms with Gasteiger partial charge in [0.25, 0.3) is 0 Å². The molecule has 0 amide bonds. The lowest BCUT2D eigenvalue weighted by atomic mass is 9.99. The molecule has 0 aliphatic carbocycles. The number of carbonyl (C=O) groups excluding carboxylic acids is 1. The summed E-state index contributed by atoms with van der Waals surface area (Å²) in [7, 11) is 1.46. The van der Waals surface area contributed by atoms with Gasteiger partial charge in [0, 0.05) is 19.2 Å². The van der Waals surface area contributed by atoms with Crippen LogP contribution in [0.1, 0.15) is 44.9 Å². The van der Waals surface area contributed by atoms with Gasteiger partial charge in [0.15, 0.2) is 6.29 Å². The predicted octanol–water partition coefficient (Wildman–Crippen LogP) is 1.95. The van der Waals surface area contributed by atoms with Crippen LogP contribution in [-0.4, -0.2) is 56.6 Å². The van der Waals surface area contributed by atoms with Gasteiger partial charge in [0.1, 0.15) is 0 Å². The molecule has 2 heterocycles. The Bertz CT molecular complexity index is 292. The normalized spacial score (nSPS) is 28.2. The number of esters is 1. The number of rotatable bonds is 6. The smallest absolute Gasteiger partial charge is 0.307 e. The number of carbonyl (C=O) groups is 1. The quantitative estimate of drug-likeness (QED) is 0.698. The third-order valence-corrected chi connectivity index (χ3v) is 4.20. The van der Waals surface area contributed by atoms with E-state index in [1.54, 1.807) is 0 Å². The Morgan fingerprint density at radius 3 is 2.85 bits per heavy atom. The van der Waals surface area contributed by atoms with Crippen molar-refractivity contribution in [3.63, 3.8) is 0 Å². The molecular formula is C15H27NO4. The number of nitrogens with zero attached hydrogens (tertiary/aromatic N) is 1. The molecule has 2 unspecified atom stereocenters. The molecule has 0 radical (unpaired) electrons. The van der Waals surface area contributed by atoms with E-state index in [2.05, 4.69) is 4.90 Å². The van der Waals surface area contributed by atoms with Gasteiger partial charge < -0.3 is 14.2 Å². The first-order valence-electron chi connectivity index (χ1n) is 7.83. The Kier molecular flexibility index (Phi) is 6.76. The van der Waals surface area contributed by atoms with Crippen LogP contribution in [0.2, 0.25) is 0 Å². The molecule has 5 heteroatoms. The van der Waals surface area contributed by atoms with E-state index in [1.807, 2.05) is 0 Å². The van der Waals surface area contributed by atoms with Gasteiger partial charge in [-0.3, -0.25) is 9.69 Å². The van der Waals surface area contributed by atoms with E-state index in [4.69, 9.17) is 14.2 Å². The molecule has 116 valence electrons. The number of likely N-dealkylation sites (tertiary alicyclic amines) is 1. The van der Waals surface area contributed by atoms with Gasteiger partial charge in [-0.1, -0.05) is 6.42 Å². The SMILES string of the molecule is COC(=O)CC1CCCCN1CCOC1CCCCO1. The summed E-state index contributed by atoms with van der Waals surface area (Å²) in [5.41, 5.74) is 0. The van der Waals surface area contributed by atoms with Crippen molar-refractivity contribution in [1.29, 1.82) is 0 Å². The van der Waals surface area contributed by atoms with Gasteiger partial charge >= 0.3 is 5.97 Å². The highest BCUT2D eigenvalue weighted by Gasteiger charge is 2.25. The second-order valence-electron chi connectivity index (χ2n) is 5.63. The number of ether oxygens (including phenoxy) is 3. The maximum atomic E-state index is 11.4. The third-order valence-electron chi connectivity index (χ3n) is 4.20. The molecule has 2 saturated heterocycles. The van der Waals surface area contributed by atoms with Crippen molar-refractivity contribution in [2.45, 2.75) is 57.3 Å². The van der Waals surface area contributed by atoms with Gasteiger partial charge in [-0.25, -0.2) is 0 Å². The van der Waals surface area contributed by atoms with E-state index in [-0.39, 0.29) is 12.3 Å². The van der Waals surface area contributed by atoms with Crippen molar-refractivity contribution >= 4 is 5.97 Å². The van der Waals surface area contributed by atoms with Gasteiger partial charge in [-0.2, -0.15) is 0 Å². The second-order valence-corrected chi connectivity index (χ2v) is 5.63. The first-order valence-corrected chi connectivity index (χ1v) is 7.83. The van der Waals surface area contributed by atoms with Crippen LogP contribution in [0.3, 0.4) is 0 Å². The number of hydrogen-bond donors (Lipinski definition) is 0. The van der Waals surface area contributed by atoms with Crippen LogP contribution in [-0.2, 0) is 19.0 Å². The van der Waals surface area contributed by atoms with Crippen molar-refractivity contribution in [2.75, 3.05) is 33.4 Å². The van der Waals surface area contributed by atoms with Crippen molar-refractivity contribution in [3.8, 4) is 0 Å². The fourth-order valence-corrected chi connectivity index (χ4v) is 3.01. The average Bonchev–Trinajstić information content (AvgIpc) is 2.50. The van der Waals surface area contributed by atoms with Crippen LogP contribution in [0.4, 0.5) is 0 Å². The van der Waals surface area contributed by atoms with Crippen LogP contribution in [0.15, 0.2) is 0 Å². The van der Waals surface area contributed by atoms with Crippen molar-refractivity contribution in [1.82, 2.24) is 4.90 Å². The lowest BCUT2D eigenvalue weighted by molar-refractivity contribution is -0.166. The maximum Gasteiger partial charge on any atom is 0.307 e. The molecule has 0 aromatic rings. The Morgan fingerprint density at radius 1 is 1.25 bits per heavy atom. The molecule has 0 spiro atoms. The molecule has 5 nitrogen and oxygen atoms in total. The van der Waals surface area contributed by atoms with Gasteiger partial charge in [0.2, 0.25) is 0 Å². The Balaban J connectivity index is 1.69. The molecular weight excluding hydrogens is 258 g/mol. The Labute approximate surface area is 121 Å². The Morgan fingerprint density at radius 2 is 2.10 bits per heavy atom. The van der Waals surface area contributed by atoms with E-state index in [1.165, 1.54) is 26.4 Å². The zero-order chi connectivity index (χ0) is 14.2. The lowest BCUT2D eigenvalue weighted by Gasteiger charge is -2.35. The molecule has 2 aliphatic heterocycles. The van der Waals surface area contributed by atoms with Crippen LogP contribution in [0.25, 0.3) is 0 Å². The molecule has 0 N–H and O–H groups in total. The van der Waals surface area contributed by atoms with E-state index >= 15 is 0 Å². The summed E-state index contributed by atoms with van der Waals surface area (Å²) < 4.78 is 16.1. The molecule has 2 fully saturated rings. The highest BCUT2D eigenvalue weighted by atomic mass is 16.7. The van der Waals surface area contributed by atoms with E-state index in [0.29, 0.717) is 19.1 Å². The zero-order valence-corrected chi connectivity index (χ0v) is 12.5. The average molecular weight is 285 g/mol. The molecule has 20 heavy (non-hydrogen) atoms. The molecule has 2 atom stereocenters. The Hall–Kier alpha value is -0.650. The minimum absolute atomic E-state index is 0.0207. The summed E-state index contributed by atoms with van der Waals surface area (Å²) in [4.78, 5) is 13.8. The third kappa shape index (κ3) is 5.04. The predicted molar refractivity (Wildman–Crippen MR) is 75.4 cm³/mol. The molecule has 0 aromatic heterocycles. The maximum absolute atomic E-state index is 11.4. The number of hydrogen-bond acceptors (Lipinski definition) is 5. The first kappa shape index (κ1) is 15.7. The molecule has 0 aromatic carbocycles. The molecule has 2 rings (SSSR count). The summed E-state index contributed by atoms with van der Waals surface area (Å²) in [6, 6.07) is 0.312. The van der Waals surface area contributed by atoms with Crippen molar-refractivity contribution < 1.29 is 19.0 Å². The highest BCUT2D eigenvalue weighted by molar-refractivity contribution is 5.69. The van der Waals surface area contributed by atoms with Crippen LogP contribution in [0, 0.1) is 0 Å². The van der Waals surface area contributed by atoms with Crippen LogP contribution < -0.4 is 0 Å². The molecule has 2 aliphatic rings. The number of methoxy groups -OCH3 is 1. The van der Waals surface area contributed by atoms with E-state index < -0.39 is 0 Å². The van der Waals surface area contributed by atoms with Crippen LogP contribution in [0.5, 0.6) is 0 Å². The minimum atomic E-state index is -0.113. The van der Waals surface area contributed by atoms with Gasteiger partial charge in [-0.05, 0) is 38.6 Å². The monoisotopic (exact) mass is 285 g/mol. The molecule has 0 bridgehead atoms. The van der Waals surface area contributed by atoms with Gasteiger partial charge in [-0.15, -0.1) is 0 Å².